The number of rotatable bonds is 6. The Labute approximate surface area is 189 Å². The maximum atomic E-state index is 13.7. The van der Waals surface area contributed by atoms with E-state index in [1.165, 1.54) is 22.8 Å². The number of carbonyl (C=O) groups excluding carboxylic acids is 1. The first-order chi connectivity index (χ1) is 15.9. The molecule has 0 fully saturated rings. The van der Waals surface area contributed by atoms with Crippen LogP contribution in [0.2, 0.25) is 0 Å². The van der Waals surface area contributed by atoms with Gasteiger partial charge < -0.3 is 4.57 Å². The maximum absolute atomic E-state index is 13.7. The second kappa shape index (κ2) is 9.00. The van der Waals surface area contributed by atoms with E-state index in [0.717, 1.165) is 5.56 Å². The number of pyridine rings is 2. The van der Waals surface area contributed by atoms with Gasteiger partial charge in [0.25, 0.3) is 11.2 Å². The summed E-state index contributed by atoms with van der Waals surface area (Å²) in [6, 6.07) is 16.6. The average molecular weight is 439 g/mol. The second-order valence-corrected chi connectivity index (χ2v) is 7.82. The molecule has 0 N–H and O–H groups in total. The zero-order chi connectivity index (χ0) is 23.5. The van der Waals surface area contributed by atoms with E-state index in [1.807, 2.05) is 19.9 Å². The van der Waals surface area contributed by atoms with Gasteiger partial charge in [0.1, 0.15) is 0 Å². The third-order valence-corrected chi connectivity index (χ3v) is 5.36. The highest BCUT2D eigenvalue weighted by Crippen LogP contribution is 2.34. The summed E-state index contributed by atoms with van der Waals surface area (Å²) in [6.07, 6.45) is 6.20. The second-order valence-electron chi connectivity index (χ2n) is 7.82. The number of hydrogen-bond donors (Lipinski definition) is 0. The van der Waals surface area contributed by atoms with Gasteiger partial charge in [-0.15, -0.1) is 0 Å². The van der Waals surface area contributed by atoms with Crippen LogP contribution < -0.4 is 5.56 Å². The average Bonchev–Trinajstić information content (AvgIpc) is 2.82. The number of aromatic nitrogens is 2. The van der Waals surface area contributed by atoms with Gasteiger partial charge in [-0.05, 0) is 49.2 Å². The number of fused-ring (bicyclic) bond motifs is 1. The highest BCUT2D eigenvalue weighted by molar-refractivity contribution is 6.15. The third-order valence-electron chi connectivity index (χ3n) is 5.36. The van der Waals surface area contributed by atoms with Crippen molar-refractivity contribution < 1.29 is 9.72 Å². The molecule has 0 unspecified atom stereocenters. The monoisotopic (exact) mass is 439 g/mol. The molecule has 0 saturated heterocycles. The van der Waals surface area contributed by atoms with E-state index in [1.54, 1.807) is 60.9 Å². The Morgan fingerprint density at radius 1 is 1.06 bits per heavy atom. The lowest BCUT2D eigenvalue weighted by atomic mass is 9.93. The SMILES string of the molecule is CC(C)n1c(=O)c(C(=O)/C=C/c2ccncc2)c(-c2ccccc2)c2cc([N+](=O)[O-])ccc21. The Morgan fingerprint density at radius 3 is 2.39 bits per heavy atom. The highest BCUT2D eigenvalue weighted by atomic mass is 16.6. The molecule has 0 aliphatic rings. The minimum Gasteiger partial charge on any atom is -0.305 e. The maximum Gasteiger partial charge on any atom is 0.270 e. The summed E-state index contributed by atoms with van der Waals surface area (Å²) >= 11 is 0. The van der Waals surface area contributed by atoms with Crippen LogP contribution in [0.15, 0.2) is 83.9 Å². The van der Waals surface area contributed by atoms with Gasteiger partial charge in [0.2, 0.25) is 0 Å². The van der Waals surface area contributed by atoms with Gasteiger partial charge in [-0.3, -0.25) is 24.7 Å². The minimum atomic E-state index is -0.482. The van der Waals surface area contributed by atoms with Gasteiger partial charge >= 0.3 is 0 Å². The Morgan fingerprint density at radius 2 is 1.76 bits per heavy atom. The van der Waals surface area contributed by atoms with Crippen molar-refractivity contribution in [3.05, 3.63) is 111 Å². The number of ketones is 1. The van der Waals surface area contributed by atoms with E-state index < -0.39 is 16.3 Å². The molecule has 4 rings (SSSR count). The van der Waals surface area contributed by atoms with Crippen molar-refractivity contribution in [1.29, 1.82) is 0 Å². The molecule has 0 bridgehead atoms. The fourth-order valence-corrected chi connectivity index (χ4v) is 3.90. The van der Waals surface area contributed by atoms with Crippen LogP contribution >= 0.6 is 0 Å². The van der Waals surface area contributed by atoms with Gasteiger partial charge in [0.05, 0.1) is 16.0 Å². The molecular formula is C26H21N3O4. The highest BCUT2D eigenvalue weighted by Gasteiger charge is 2.24. The number of carbonyl (C=O) groups is 1. The third kappa shape index (κ3) is 4.21. The van der Waals surface area contributed by atoms with E-state index in [0.29, 0.717) is 22.0 Å². The molecule has 7 heteroatoms. The summed E-state index contributed by atoms with van der Waals surface area (Å²) in [7, 11) is 0. The topological polar surface area (TPSA) is 95.1 Å². The molecule has 0 amide bonds. The lowest BCUT2D eigenvalue weighted by Gasteiger charge is -2.19. The van der Waals surface area contributed by atoms with E-state index in [2.05, 4.69) is 4.98 Å². The Hall–Kier alpha value is -4.39. The van der Waals surface area contributed by atoms with E-state index >= 15 is 0 Å². The molecule has 2 heterocycles. The van der Waals surface area contributed by atoms with Crippen molar-refractivity contribution in [3.8, 4) is 11.1 Å². The molecule has 0 aliphatic heterocycles. The molecule has 2 aromatic carbocycles. The first-order valence-electron chi connectivity index (χ1n) is 10.4. The quantitative estimate of drug-likeness (QED) is 0.172. The van der Waals surface area contributed by atoms with Crippen LogP contribution in [0.1, 0.15) is 35.8 Å². The smallest absolute Gasteiger partial charge is 0.270 e. The molecule has 4 aromatic rings. The molecule has 0 spiro atoms. The molecule has 33 heavy (non-hydrogen) atoms. The molecule has 0 aliphatic carbocycles. The predicted molar refractivity (Wildman–Crippen MR) is 128 cm³/mol. The summed E-state index contributed by atoms with van der Waals surface area (Å²) in [5.41, 5.74) is 1.76. The number of benzene rings is 2. The summed E-state index contributed by atoms with van der Waals surface area (Å²) in [6.45, 7) is 3.68. The van der Waals surface area contributed by atoms with E-state index in [-0.39, 0.29) is 17.3 Å². The van der Waals surface area contributed by atoms with Crippen molar-refractivity contribution in [2.45, 2.75) is 19.9 Å². The number of hydrogen-bond acceptors (Lipinski definition) is 5. The predicted octanol–water partition coefficient (Wildman–Crippen LogP) is 5.45. The van der Waals surface area contributed by atoms with Crippen LogP contribution in [0.3, 0.4) is 0 Å². The number of allylic oxidation sites excluding steroid dienone is 1. The fraction of sp³-hybridized carbons (Fsp3) is 0.115. The normalized spacial score (nSPS) is 11.4. The molecule has 0 saturated carbocycles. The number of nitro benzene ring substituents is 1. The molecule has 0 radical (unpaired) electrons. The van der Waals surface area contributed by atoms with Crippen LogP contribution in [0, 0.1) is 10.1 Å². The largest absolute Gasteiger partial charge is 0.305 e. The van der Waals surface area contributed by atoms with Crippen molar-refractivity contribution in [2.24, 2.45) is 0 Å². The molecule has 2 aromatic heterocycles. The molecular weight excluding hydrogens is 418 g/mol. The number of non-ortho nitro benzene ring substituents is 1. The van der Waals surface area contributed by atoms with Crippen molar-refractivity contribution in [2.75, 3.05) is 0 Å². The van der Waals surface area contributed by atoms with Gasteiger partial charge in [0, 0.05) is 41.5 Å². The molecule has 0 atom stereocenters. The van der Waals surface area contributed by atoms with Crippen molar-refractivity contribution >= 4 is 28.4 Å². The fourth-order valence-electron chi connectivity index (χ4n) is 3.90. The van der Waals surface area contributed by atoms with E-state index in [9.17, 15) is 19.7 Å². The van der Waals surface area contributed by atoms with E-state index in [4.69, 9.17) is 0 Å². The number of nitrogens with zero attached hydrogens (tertiary/aromatic N) is 3. The van der Waals surface area contributed by atoms with Crippen LogP contribution in [0.25, 0.3) is 28.1 Å². The van der Waals surface area contributed by atoms with Crippen molar-refractivity contribution in [1.82, 2.24) is 9.55 Å². The Balaban J connectivity index is 2.08. The standard InChI is InChI=1S/C26H21N3O4/c1-17(2)28-22-10-9-20(29(32)33)16-21(22)24(19-6-4-3-5-7-19)25(26(28)31)23(30)11-8-18-12-14-27-15-13-18/h3-17H,1-2H3/b11-8+. The Kier molecular flexibility index (Phi) is 5.95. The lowest BCUT2D eigenvalue weighted by molar-refractivity contribution is -0.384. The van der Waals surface area contributed by atoms with Crippen LogP contribution in [0.4, 0.5) is 5.69 Å². The summed E-state index contributed by atoms with van der Waals surface area (Å²) < 4.78 is 1.51. The Bertz CT molecular complexity index is 1440. The van der Waals surface area contributed by atoms with Gasteiger partial charge in [0.15, 0.2) is 5.78 Å². The summed E-state index contributed by atoms with van der Waals surface area (Å²) in [5, 5.41) is 12.0. The molecule has 7 nitrogen and oxygen atoms in total. The van der Waals surface area contributed by atoms with Gasteiger partial charge in [-0.2, -0.15) is 0 Å². The first kappa shape index (κ1) is 21.8. The molecule has 164 valence electrons. The lowest BCUT2D eigenvalue weighted by Crippen LogP contribution is -2.29. The summed E-state index contributed by atoms with van der Waals surface area (Å²) in [4.78, 5) is 42.1. The zero-order valence-corrected chi connectivity index (χ0v) is 18.1. The van der Waals surface area contributed by atoms with Crippen LogP contribution in [-0.4, -0.2) is 20.3 Å². The van der Waals surface area contributed by atoms with Crippen LogP contribution in [-0.2, 0) is 0 Å². The number of nitro groups is 1. The first-order valence-corrected chi connectivity index (χ1v) is 10.4. The summed E-state index contributed by atoms with van der Waals surface area (Å²) in [5.74, 6) is -0.474. The van der Waals surface area contributed by atoms with Gasteiger partial charge in [-0.25, -0.2) is 0 Å². The zero-order valence-electron chi connectivity index (χ0n) is 18.1. The van der Waals surface area contributed by atoms with Crippen molar-refractivity contribution in [3.63, 3.8) is 0 Å². The minimum absolute atomic E-state index is 0.0202. The van der Waals surface area contributed by atoms with Crippen LogP contribution in [0.5, 0.6) is 0 Å². The van der Waals surface area contributed by atoms with Gasteiger partial charge in [-0.1, -0.05) is 36.4 Å².